The molecule has 1 aliphatic carbocycles. The number of hydrogen-bond acceptors (Lipinski definition) is 3. The van der Waals surface area contributed by atoms with Crippen molar-refractivity contribution in [3.63, 3.8) is 0 Å². The lowest BCUT2D eigenvalue weighted by molar-refractivity contribution is 0.530. The predicted octanol–water partition coefficient (Wildman–Crippen LogP) is 11.8. The second-order valence-corrected chi connectivity index (χ2v) is 13.8. The Morgan fingerprint density at radius 1 is 0.732 bits per heavy atom. The van der Waals surface area contributed by atoms with Crippen LogP contribution in [0.4, 0.5) is 11.4 Å². The minimum absolute atomic E-state index is 0.0428. The number of nitrogens with one attached hydrogen (secondary N) is 1. The number of anilines is 2. The van der Waals surface area contributed by atoms with Gasteiger partial charge in [-0.25, -0.2) is 5.01 Å². The fraction of sp³-hybridized carbons (Fsp3) is 0.113. The van der Waals surface area contributed by atoms with E-state index in [1.165, 1.54) is 16.5 Å². The summed E-state index contributed by atoms with van der Waals surface area (Å²) in [6, 6.07) is 41.3. The first-order chi connectivity index (χ1) is 27.5. The third kappa shape index (κ3) is 10.4. The monoisotopic (exact) mass is 729 g/mol. The summed E-state index contributed by atoms with van der Waals surface area (Å²) in [6.07, 6.45) is 38.4. The standard InChI is InChI=1S/C51H49N3.C2H2/c1-5-7-33-52-34-21-28-40-22-16-19-25-43(40)37-48-47-38-45-27-14-11-12-20-32-51(3,4)49(45)39-44(47)26-13-9-10-15-29-50(48)54(53-35-8-6-2)46-31-30-41-23-17-18-24-42(41)36-46;1-2/h5-26,28-31,33-39,52H,1,27,32H2,2-4H3;1-2H/b8-6-,10-9?,13-9?,14-11-,15-10?,20-12-,26-13?,29-15?,33-7-,34-21+,40-28-,43-37-,44-26?,48-47?,50-29?,50-48?,53-35-;. The van der Waals surface area contributed by atoms with E-state index < -0.39 is 0 Å². The molecule has 0 amide bonds. The van der Waals surface area contributed by atoms with Crippen molar-refractivity contribution in [1.82, 2.24) is 5.32 Å². The van der Waals surface area contributed by atoms with Crippen LogP contribution in [0.1, 0.15) is 43.9 Å². The van der Waals surface area contributed by atoms with Gasteiger partial charge in [0.2, 0.25) is 0 Å². The van der Waals surface area contributed by atoms with Gasteiger partial charge in [0.1, 0.15) is 0 Å². The largest absolute Gasteiger partial charge is 0.368 e. The Labute approximate surface area is 333 Å². The van der Waals surface area contributed by atoms with Gasteiger partial charge in [-0.05, 0) is 117 Å². The van der Waals surface area contributed by atoms with Gasteiger partial charge in [-0.2, -0.15) is 5.10 Å². The van der Waals surface area contributed by atoms with Gasteiger partial charge in [0.15, 0.2) is 0 Å². The lowest BCUT2D eigenvalue weighted by Gasteiger charge is -2.27. The molecular formula is C53H51N3. The van der Waals surface area contributed by atoms with E-state index in [0.29, 0.717) is 0 Å². The van der Waals surface area contributed by atoms with Crippen LogP contribution in [0.25, 0.3) is 33.7 Å². The molecule has 0 fully saturated rings. The maximum Gasteiger partial charge on any atom is 0.0731 e. The van der Waals surface area contributed by atoms with Gasteiger partial charge in [0, 0.05) is 24.2 Å². The SMILES string of the molecule is C#C.C=C/C=C\N/C=C/C=c1/cccc/c1=C/c1c(N(/N=C\C=C/C)c2ccc3ccccc3c2)ccccccc2cc3c(cc12)C/C=C\C=C/CC3(C)C. The molecule has 5 aromatic rings. The van der Waals surface area contributed by atoms with Crippen molar-refractivity contribution in [3.8, 4) is 12.8 Å². The quantitative estimate of drug-likeness (QED) is 0.0708. The average molecular weight is 730 g/mol. The fourth-order valence-electron chi connectivity index (χ4n) is 6.76. The van der Waals surface area contributed by atoms with Crippen LogP contribution in [0.2, 0.25) is 0 Å². The van der Waals surface area contributed by atoms with Crippen LogP contribution >= 0.6 is 0 Å². The second-order valence-electron chi connectivity index (χ2n) is 13.8. The molecule has 0 atom stereocenters. The zero-order valence-electron chi connectivity index (χ0n) is 32.7. The van der Waals surface area contributed by atoms with Crippen LogP contribution in [0.5, 0.6) is 0 Å². The van der Waals surface area contributed by atoms with Gasteiger partial charge in [-0.15, -0.1) is 12.8 Å². The molecule has 0 spiro atoms. The molecule has 0 aromatic heterocycles. The zero-order valence-corrected chi connectivity index (χ0v) is 32.7. The maximum atomic E-state index is 5.15. The third-order valence-electron chi connectivity index (χ3n) is 9.54. The highest BCUT2D eigenvalue weighted by Gasteiger charge is 2.24. The van der Waals surface area contributed by atoms with Crippen LogP contribution in [-0.2, 0) is 11.8 Å². The van der Waals surface area contributed by atoms with Crippen LogP contribution in [0.15, 0.2) is 194 Å². The van der Waals surface area contributed by atoms with Gasteiger partial charge in [-0.3, -0.25) is 0 Å². The number of nitrogens with zero attached hydrogens (tertiary/aromatic N) is 2. The van der Waals surface area contributed by atoms with E-state index in [9.17, 15) is 0 Å². The Kier molecular flexibility index (Phi) is 14.8. The summed E-state index contributed by atoms with van der Waals surface area (Å²) in [6.45, 7) is 10.5. The predicted molar refractivity (Wildman–Crippen MR) is 246 cm³/mol. The molecule has 0 unspecified atom stereocenters. The van der Waals surface area contributed by atoms with Crippen molar-refractivity contribution in [1.29, 1.82) is 0 Å². The molecule has 0 saturated heterocycles. The molecular weight excluding hydrogens is 679 g/mol. The fourth-order valence-corrected chi connectivity index (χ4v) is 6.76. The van der Waals surface area contributed by atoms with E-state index in [-0.39, 0.29) is 5.41 Å². The Morgan fingerprint density at radius 3 is 2.23 bits per heavy atom. The summed E-state index contributed by atoms with van der Waals surface area (Å²) >= 11 is 0. The highest BCUT2D eigenvalue weighted by molar-refractivity contribution is 5.97. The van der Waals surface area contributed by atoms with Crippen LogP contribution < -0.4 is 20.8 Å². The molecule has 5 aromatic carbocycles. The molecule has 6 rings (SSSR count). The highest BCUT2D eigenvalue weighted by Crippen LogP contribution is 2.38. The van der Waals surface area contributed by atoms with Crippen LogP contribution in [0.3, 0.4) is 0 Å². The van der Waals surface area contributed by atoms with Gasteiger partial charge in [-0.1, -0.05) is 154 Å². The molecule has 0 bridgehead atoms. The van der Waals surface area contributed by atoms with E-state index >= 15 is 0 Å². The Hall–Kier alpha value is -6.89. The molecule has 1 N–H and O–H groups in total. The van der Waals surface area contributed by atoms with Crippen molar-refractivity contribution in [2.45, 2.75) is 39.0 Å². The Balaban J connectivity index is 0.00000295. The molecule has 56 heavy (non-hydrogen) atoms. The van der Waals surface area contributed by atoms with E-state index in [1.54, 1.807) is 6.08 Å². The molecule has 3 heteroatoms. The summed E-state index contributed by atoms with van der Waals surface area (Å²) in [5.74, 6) is 0. The first kappa shape index (κ1) is 40.3. The number of fused-ring (bicyclic) bond motifs is 3. The lowest BCUT2D eigenvalue weighted by atomic mass is 9.77. The van der Waals surface area contributed by atoms with Crippen molar-refractivity contribution in [3.05, 3.63) is 216 Å². The van der Waals surface area contributed by atoms with E-state index in [0.717, 1.165) is 56.4 Å². The summed E-state index contributed by atoms with van der Waals surface area (Å²) in [5.41, 5.74) is 5.63. The number of terminal acetylenes is 1. The Morgan fingerprint density at radius 2 is 1.43 bits per heavy atom. The van der Waals surface area contributed by atoms with Crippen molar-refractivity contribution in [2.24, 2.45) is 5.10 Å². The van der Waals surface area contributed by atoms with E-state index in [4.69, 9.17) is 5.10 Å². The van der Waals surface area contributed by atoms with E-state index in [1.807, 2.05) is 49.8 Å². The first-order valence-electron chi connectivity index (χ1n) is 19.0. The molecule has 0 radical (unpaired) electrons. The molecule has 278 valence electrons. The summed E-state index contributed by atoms with van der Waals surface area (Å²) in [4.78, 5) is 0. The first-order valence-corrected chi connectivity index (χ1v) is 19.0. The summed E-state index contributed by atoms with van der Waals surface area (Å²) in [5, 5.41) is 17.2. The average Bonchev–Trinajstić information content (AvgIpc) is 3.29. The normalized spacial score (nSPS) is 15.4. The van der Waals surface area contributed by atoms with Crippen LogP contribution in [-0.4, -0.2) is 6.21 Å². The van der Waals surface area contributed by atoms with Crippen molar-refractivity contribution < 1.29 is 0 Å². The Bertz CT molecular complexity index is 2540. The number of allylic oxidation sites excluding steroid dienone is 9. The topological polar surface area (TPSA) is 27.6 Å². The molecule has 3 nitrogen and oxygen atoms in total. The second kappa shape index (κ2) is 20.5. The molecule has 0 saturated carbocycles. The molecule has 1 aliphatic rings. The van der Waals surface area contributed by atoms with E-state index in [2.05, 4.69) is 195 Å². The minimum Gasteiger partial charge on any atom is -0.368 e. The van der Waals surface area contributed by atoms with Gasteiger partial charge in [0.05, 0.1) is 11.4 Å². The minimum atomic E-state index is -0.0428. The molecule has 0 heterocycles. The number of rotatable bonds is 9. The molecule has 0 aliphatic heterocycles. The van der Waals surface area contributed by atoms with Crippen molar-refractivity contribution >= 4 is 51.3 Å². The van der Waals surface area contributed by atoms with Gasteiger partial charge >= 0.3 is 0 Å². The summed E-state index contributed by atoms with van der Waals surface area (Å²) < 4.78 is 0. The lowest BCUT2D eigenvalue weighted by Crippen LogP contribution is -2.24. The van der Waals surface area contributed by atoms with Gasteiger partial charge in [0.25, 0.3) is 0 Å². The summed E-state index contributed by atoms with van der Waals surface area (Å²) in [7, 11) is 0. The smallest absolute Gasteiger partial charge is 0.0731 e. The maximum absolute atomic E-state index is 5.15. The third-order valence-corrected chi connectivity index (χ3v) is 9.54. The zero-order chi connectivity index (χ0) is 39.6. The highest BCUT2D eigenvalue weighted by atomic mass is 15.5. The van der Waals surface area contributed by atoms with Crippen LogP contribution in [0, 0.1) is 12.8 Å². The number of benzene rings is 4. The number of hydrogen-bond donors (Lipinski definition) is 1. The van der Waals surface area contributed by atoms with Crippen molar-refractivity contribution in [2.75, 3.05) is 5.01 Å². The number of hydrazone groups is 1. The van der Waals surface area contributed by atoms with Gasteiger partial charge < -0.3 is 5.32 Å².